The van der Waals surface area contributed by atoms with Gasteiger partial charge in [0.15, 0.2) is 5.13 Å². The van der Waals surface area contributed by atoms with Gasteiger partial charge in [-0.05, 0) is 31.9 Å². The molecule has 148 valence electrons. The molecule has 2 aromatic rings. The molecule has 0 atom stereocenters. The first-order chi connectivity index (χ1) is 13.4. The Labute approximate surface area is 168 Å². The number of carbonyl (C=O) groups is 2. The monoisotopic (exact) mass is 400 g/mol. The first kappa shape index (κ1) is 18.8. The van der Waals surface area contributed by atoms with E-state index in [4.69, 9.17) is 0 Å². The first-order valence-corrected chi connectivity index (χ1v) is 10.2. The number of hydrogen-bond donors (Lipinski definition) is 2. The third-order valence-corrected chi connectivity index (χ3v) is 6.21. The van der Waals surface area contributed by atoms with Crippen LogP contribution in [0.25, 0.3) is 0 Å². The Kier molecular flexibility index (Phi) is 5.03. The first-order valence-electron chi connectivity index (χ1n) is 9.39. The summed E-state index contributed by atoms with van der Waals surface area (Å²) in [6.07, 6.45) is 5.40. The highest BCUT2D eigenvalue weighted by atomic mass is 32.1. The highest BCUT2D eigenvalue weighted by Gasteiger charge is 2.44. The molecule has 2 N–H and O–H groups in total. The largest absolute Gasteiger partial charge is 0.330 e. The normalized spacial score (nSPS) is 19.1. The lowest BCUT2D eigenvalue weighted by molar-refractivity contribution is -0.114. The fourth-order valence-corrected chi connectivity index (χ4v) is 4.67. The molecule has 9 heteroatoms. The molecule has 0 radical (unpaired) electrons. The lowest BCUT2D eigenvalue weighted by atomic mass is 9.88. The number of nitrogens with one attached hydrogen (secondary N) is 2. The smallest absolute Gasteiger partial charge is 0.322 e. The molecule has 2 saturated heterocycles. The molecule has 0 aromatic carbocycles. The Bertz CT molecular complexity index is 873. The molecule has 28 heavy (non-hydrogen) atoms. The van der Waals surface area contributed by atoms with Gasteiger partial charge in [-0.15, -0.1) is 11.3 Å². The van der Waals surface area contributed by atoms with Crippen LogP contribution in [0, 0.1) is 6.92 Å². The summed E-state index contributed by atoms with van der Waals surface area (Å²) in [5, 5.41) is 6.58. The van der Waals surface area contributed by atoms with Gasteiger partial charge in [-0.2, -0.15) is 0 Å². The molecule has 4 rings (SSSR count). The lowest BCUT2D eigenvalue weighted by Crippen LogP contribution is -2.52. The van der Waals surface area contributed by atoms with Crippen molar-refractivity contribution in [2.75, 3.05) is 29.9 Å². The second-order valence-electron chi connectivity index (χ2n) is 7.54. The zero-order chi connectivity index (χ0) is 19.7. The number of rotatable bonds is 4. The van der Waals surface area contributed by atoms with E-state index < -0.39 is 0 Å². The Morgan fingerprint density at radius 1 is 1.29 bits per heavy atom. The SMILES string of the molecule is CC(=O)Nc1ncc(CN2CCC3(CC2)CN(c2ccc(C)nc2)C(=O)N3)s1. The molecule has 2 aliphatic rings. The minimum absolute atomic E-state index is 0.0403. The maximum Gasteiger partial charge on any atom is 0.322 e. The highest BCUT2D eigenvalue weighted by Crippen LogP contribution is 2.32. The zero-order valence-corrected chi connectivity index (χ0v) is 16.9. The second kappa shape index (κ2) is 7.48. The summed E-state index contributed by atoms with van der Waals surface area (Å²) in [6.45, 7) is 6.73. The van der Waals surface area contributed by atoms with Crippen molar-refractivity contribution in [2.24, 2.45) is 0 Å². The van der Waals surface area contributed by atoms with Crippen LogP contribution in [0.5, 0.6) is 0 Å². The summed E-state index contributed by atoms with van der Waals surface area (Å²) in [4.78, 5) is 37.5. The third-order valence-electron chi connectivity index (χ3n) is 5.31. The number of hydrogen-bond acceptors (Lipinski definition) is 6. The fraction of sp³-hybridized carbons (Fsp3) is 0.474. The van der Waals surface area contributed by atoms with E-state index in [1.54, 1.807) is 11.1 Å². The number of aryl methyl sites for hydroxylation is 1. The predicted molar refractivity (Wildman–Crippen MR) is 109 cm³/mol. The molecule has 2 aliphatic heterocycles. The van der Waals surface area contributed by atoms with Crippen LogP contribution in [0.1, 0.15) is 30.3 Å². The molecular weight excluding hydrogens is 376 g/mol. The number of likely N-dealkylation sites (tertiary alicyclic amines) is 1. The van der Waals surface area contributed by atoms with Gasteiger partial charge in [0.1, 0.15) is 0 Å². The van der Waals surface area contributed by atoms with E-state index in [1.807, 2.05) is 25.3 Å². The number of nitrogens with zero attached hydrogens (tertiary/aromatic N) is 4. The predicted octanol–water partition coefficient (Wildman–Crippen LogP) is 2.37. The van der Waals surface area contributed by atoms with Gasteiger partial charge >= 0.3 is 6.03 Å². The van der Waals surface area contributed by atoms with Crippen molar-refractivity contribution in [3.8, 4) is 0 Å². The van der Waals surface area contributed by atoms with Crippen LogP contribution in [-0.2, 0) is 11.3 Å². The van der Waals surface area contributed by atoms with Crippen molar-refractivity contribution < 1.29 is 9.59 Å². The third kappa shape index (κ3) is 4.00. The Morgan fingerprint density at radius 3 is 2.75 bits per heavy atom. The van der Waals surface area contributed by atoms with Crippen LogP contribution in [0.4, 0.5) is 15.6 Å². The average Bonchev–Trinajstić information content (AvgIpc) is 3.22. The van der Waals surface area contributed by atoms with E-state index in [1.165, 1.54) is 18.3 Å². The molecule has 0 saturated carbocycles. The van der Waals surface area contributed by atoms with Gasteiger partial charge in [0, 0.05) is 43.3 Å². The van der Waals surface area contributed by atoms with Gasteiger partial charge in [-0.3, -0.25) is 19.6 Å². The van der Waals surface area contributed by atoms with Crippen LogP contribution in [0.3, 0.4) is 0 Å². The highest BCUT2D eigenvalue weighted by molar-refractivity contribution is 7.15. The number of pyridine rings is 1. The summed E-state index contributed by atoms with van der Waals surface area (Å²) >= 11 is 1.51. The molecule has 0 aliphatic carbocycles. The molecule has 3 amide bonds. The number of amides is 3. The topological polar surface area (TPSA) is 90.5 Å². The van der Waals surface area contributed by atoms with E-state index in [9.17, 15) is 9.59 Å². The van der Waals surface area contributed by atoms with Gasteiger partial charge in [0.2, 0.25) is 5.91 Å². The van der Waals surface area contributed by atoms with Crippen LogP contribution in [0.2, 0.25) is 0 Å². The van der Waals surface area contributed by atoms with E-state index in [0.29, 0.717) is 11.7 Å². The standard InChI is InChI=1S/C19H24N6O2S/c1-13-3-4-15(9-20-13)25-12-19(23-18(25)27)5-7-24(8-6-19)11-16-10-21-17(28-16)22-14(2)26/h3-4,9-10H,5-8,11-12H2,1-2H3,(H,23,27)(H,21,22,26). The number of urea groups is 1. The molecular formula is C19H24N6O2S. The number of aromatic nitrogens is 2. The van der Waals surface area contributed by atoms with Crippen molar-refractivity contribution >= 4 is 34.1 Å². The summed E-state index contributed by atoms with van der Waals surface area (Å²) in [6, 6.07) is 3.84. The number of piperidine rings is 1. The zero-order valence-electron chi connectivity index (χ0n) is 16.1. The maximum atomic E-state index is 12.5. The van der Waals surface area contributed by atoms with Crippen molar-refractivity contribution in [3.63, 3.8) is 0 Å². The van der Waals surface area contributed by atoms with Crippen molar-refractivity contribution in [2.45, 2.75) is 38.8 Å². The molecule has 4 heterocycles. The van der Waals surface area contributed by atoms with Crippen LogP contribution in [-0.4, -0.2) is 52.0 Å². The Morgan fingerprint density at radius 2 is 2.07 bits per heavy atom. The molecule has 1 spiro atoms. The minimum Gasteiger partial charge on any atom is -0.330 e. The van der Waals surface area contributed by atoms with Gasteiger partial charge in [-0.1, -0.05) is 0 Å². The maximum absolute atomic E-state index is 12.5. The van der Waals surface area contributed by atoms with Crippen LogP contribution in [0.15, 0.2) is 24.5 Å². The van der Waals surface area contributed by atoms with Crippen molar-refractivity contribution in [1.82, 2.24) is 20.2 Å². The van der Waals surface area contributed by atoms with E-state index >= 15 is 0 Å². The molecule has 8 nitrogen and oxygen atoms in total. The molecule has 2 aromatic heterocycles. The van der Waals surface area contributed by atoms with Crippen LogP contribution >= 0.6 is 11.3 Å². The number of thiazole rings is 1. The number of anilines is 2. The van der Waals surface area contributed by atoms with Crippen molar-refractivity contribution in [1.29, 1.82) is 0 Å². The van der Waals surface area contributed by atoms with E-state index in [2.05, 4.69) is 25.5 Å². The fourth-order valence-electron chi connectivity index (χ4n) is 3.77. The molecule has 0 unspecified atom stereocenters. The summed E-state index contributed by atoms with van der Waals surface area (Å²) in [5.74, 6) is -0.105. The Hall–Kier alpha value is -2.52. The van der Waals surface area contributed by atoms with E-state index in [0.717, 1.165) is 48.7 Å². The van der Waals surface area contributed by atoms with Gasteiger partial charge in [-0.25, -0.2) is 9.78 Å². The Balaban J connectivity index is 1.34. The van der Waals surface area contributed by atoms with E-state index in [-0.39, 0.29) is 17.5 Å². The summed E-state index contributed by atoms with van der Waals surface area (Å²) in [5.41, 5.74) is 1.61. The molecule has 2 fully saturated rings. The molecule has 0 bridgehead atoms. The lowest BCUT2D eigenvalue weighted by Gasteiger charge is -2.38. The van der Waals surface area contributed by atoms with Crippen LogP contribution < -0.4 is 15.5 Å². The quantitative estimate of drug-likeness (QED) is 0.822. The van der Waals surface area contributed by atoms with Gasteiger partial charge in [0.05, 0.1) is 24.0 Å². The number of carbonyl (C=O) groups excluding carboxylic acids is 2. The van der Waals surface area contributed by atoms with Gasteiger partial charge in [0.25, 0.3) is 0 Å². The van der Waals surface area contributed by atoms with Crippen molar-refractivity contribution in [3.05, 3.63) is 35.1 Å². The second-order valence-corrected chi connectivity index (χ2v) is 8.66. The average molecular weight is 401 g/mol. The van der Waals surface area contributed by atoms with Gasteiger partial charge < -0.3 is 10.6 Å². The summed E-state index contributed by atoms with van der Waals surface area (Å²) in [7, 11) is 0. The summed E-state index contributed by atoms with van der Waals surface area (Å²) < 4.78 is 0. The minimum atomic E-state index is -0.173.